The van der Waals surface area contributed by atoms with Gasteiger partial charge in [0.1, 0.15) is 18.4 Å². The van der Waals surface area contributed by atoms with Crippen LogP contribution in [0.15, 0.2) is 66.7 Å². The van der Waals surface area contributed by atoms with Crippen LogP contribution >= 0.6 is 0 Å². The van der Waals surface area contributed by atoms with Crippen molar-refractivity contribution in [3.8, 4) is 16.9 Å². The van der Waals surface area contributed by atoms with Crippen molar-refractivity contribution < 1.29 is 29.0 Å². The number of aromatic carboxylic acids is 1. The first-order valence-corrected chi connectivity index (χ1v) is 11.3. The molecule has 3 aromatic carbocycles. The minimum Gasteiger partial charge on any atom is -0.495 e. The van der Waals surface area contributed by atoms with Gasteiger partial charge in [-0.05, 0) is 46.9 Å². The van der Waals surface area contributed by atoms with Gasteiger partial charge in [0.15, 0.2) is 0 Å². The fourth-order valence-corrected chi connectivity index (χ4v) is 4.29. The van der Waals surface area contributed by atoms with E-state index in [0.717, 1.165) is 22.3 Å². The van der Waals surface area contributed by atoms with Crippen molar-refractivity contribution in [2.24, 2.45) is 0 Å². The molecule has 0 saturated carbocycles. The quantitative estimate of drug-likeness (QED) is 0.438. The number of ether oxygens (including phenoxy) is 2. The maximum Gasteiger partial charge on any atom is 0.407 e. The highest BCUT2D eigenvalue weighted by molar-refractivity contribution is 5.99. The van der Waals surface area contributed by atoms with E-state index in [0.29, 0.717) is 12.2 Å². The fourth-order valence-electron chi connectivity index (χ4n) is 4.29. The SMILES string of the molecule is CC[C@@H](NC(=O)OCC1c2ccccc2-c2ccccc21)C(=O)Nc1cc(C(=O)O)ccc1OC. The van der Waals surface area contributed by atoms with Gasteiger partial charge in [-0.15, -0.1) is 0 Å². The van der Waals surface area contributed by atoms with Crippen LogP contribution in [-0.2, 0) is 9.53 Å². The van der Waals surface area contributed by atoms with Crippen LogP contribution in [0.5, 0.6) is 5.75 Å². The van der Waals surface area contributed by atoms with Crippen LogP contribution in [0.25, 0.3) is 11.1 Å². The molecule has 1 aliphatic rings. The molecule has 2 amide bonds. The van der Waals surface area contributed by atoms with E-state index in [1.165, 1.54) is 25.3 Å². The number of hydrogen-bond acceptors (Lipinski definition) is 5. The van der Waals surface area contributed by atoms with Gasteiger partial charge >= 0.3 is 12.1 Å². The Morgan fingerprint density at radius 2 is 1.60 bits per heavy atom. The Morgan fingerprint density at radius 1 is 0.971 bits per heavy atom. The summed E-state index contributed by atoms with van der Waals surface area (Å²) in [5.41, 5.74) is 4.64. The topological polar surface area (TPSA) is 114 Å². The van der Waals surface area contributed by atoms with Gasteiger partial charge in [0.2, 0.25) is 5.91 Å². The van der Waals surface area contributed by atoms with Gasteiger partial charge in [0.25, 0.3) is 0 Å². The van der Waals surface area contributed by atoms with E-state index >= 15 is 0 Å². The van der Waals surface area contributed by atoms with Crippen LogP contribution < -0.4 is 15.4 Å². The van der Waals surface area contributed by atoms with Crippen molar-refractivity contribution in [1.82, 2.24) is 5.32 Å². The average Bonchev–Trinajstić information content (AvgIpc) is 3.19. The summed E-state index contributed by atoms with van der Waals surface area (Å²) in [6.45, 7) is 1.88. The summed E-state index contributed by atoms with van der Waals surface area (Å²) in [5, 5.41) is 14.5. The number of carboxylic acid groups (broad SMARTS) is 1. The zero-order chi connectivity index (χ0) is 24.9. The lowest BCUT2D eigenvalue weighted by Gasteiger charge is -2.19. The van der Waals surface area contributed by atoms with Gasteiger partial charge in [-0.3, -0.25) is 4.79 Å². The molecule has 180 valence electrons. The minimum absolute atomic E-state index is 0.00126. The molecule has 4 rings (SSSR count). The number of fused-ring (bicyclic) bond motifs is 3. The predicted molar refractivity (Wildman–Crippen MR) is 131 cm³/mol. The number of hydrogen-bond donors (Lipinski definition) is 3. The Hall–Kier alpha value is -4.33. The second kappa shape index (κ2) is 10.3. The Bertz CT molecular complexity index is 1230. The van der Waals surface area contributed by atoms with E-state index < -0.39 is 24.0 Å². The van der Waals surface area contributed by atoms with Gasteiger partial charge in [-0.1, -0.05) is 55.5 Å². The van der Waals surface area contributed by atoms with Crippen LogP contribution in [-0.4, -0.2) is 42.8 Å². The molecular formula is C27H26N2O6. The molecule has 3 N–H and O–H groups in total. The molecule has 0 saturated heterocycles. The largest absolute Gasteiger partial charge is 0.495 e. The van der Waals surface area contributed by atoms with Gasteiger partial charge in [0.05, 0.1) is 18.4 Å². The number of amides is 2. The van der Waals surface area contributed by atoms with E-state index in [-0.39, 0.29) is 23.8 Å². The summed E-state index contributed by atoms with van der Waals surface area (Å²) >= 11 is 0. The Kier molecular flexibility index (Phi) is 7.01. The highest BCUT2D eigenvalue weighted by Crippen LogP contribution is 2.44. The number of anilines is 1. The molecule has 0 fully saturated rings. The Labute approximate surface area is 202 Å². The van der Waals surface area contributed by atoms with Crippen molar-refractivity contribution in [2.75, 3.05) is 19.0 Å². The van der Waals surface area contributed by atoms with E-state index in [1.807, 2.05) is 36.4 Å². The zero-order valence-corrected chi connectivity index (χ0v) is 19.4. The lowest BCUT2D eigenvalue weighted by molar-refractivity contribution is -0.118. The maximum absolute atomic E-state index is 12.8. The van der Waals surface area contributed by atoms with Gasteiger partial charge in [-0.2, -0.15) is 0 Å². The van der Waals surface area contributed by atoms with E-state index in [9.17, 15) is 19.5 Å². The number of nitrogens with one attached hydrogen (secondary N) is 2. The smallest absolute Gasteiger partial charge is 0.407 e. The molecule has 35 heavy (non-hydrogen) atoms. The Morgan fingerprint density at radius 3 is 2.17 bits per heavy atom. The van der Waals surface area contributed by atoms with Crippen LogP contribution in [0, 0.1) is 0 Å². The van der Waals surface area contributed by atoms with Crippen LogP contribution in [0.1, 0.15) is 40.7 Å². The lowest BCUT2D eigenvalue weighted by atomic mass is 9.98. The number of carbonyl (C=O) groups excluding carboxylic acids is 2. The second-order valence-electron chi connectivity index (χ2n) is 8.14. The second-order valence-corrected chi connectivity index (χ2v) is 8.14. The normalized spacial score (nSPS) is 12.7. The molecule has 0 spiro atoms. The molecule has 8 nitrogen and oxygen atoms in total. The molecular weight excluding hydrogens is 448 g/mol. The minimum atomic E-state index is -1.13. The number of benzene rings is 3. The molecule has 0 heterocycles. The van der Waals surface area contributed by atoms with E-state index in [2.05, 4.69) is 22.8 Å². The van der Waals surface area contributed by atoms with Crippen LogP contribution in [0.3, 0.4) is 0 Å². The molecule has 0 unspecified atom stereocenters. The maximum atomic E-state index is 12.8. The third-order valence-electron chi connectivity index (χ3n) is 6.06. The fraction of sp³-hybridized carbons (Fsp3) is 0.222. The van der Waals surface area contributed by atoms with Gasteiger partial charge in [-0.25, -0.2) is 9.59 Å². The third kappa shape index (κ3) is 4.96. The van der Waals surface area contributed by atoms with Crippen molar-refractivity contribution >= 4 is 23.7 Å². The van der Waals surface area contributed by atoms with Crippen LogP contribution in [0.2, 0.25) is 0 Å². The molecule has 8 heteroatoms. The highest BCUT2D eigenvalue weighted by Gasteiger charge is 2.29. The number of carboxylic acids is 1. The lowest BCUT2D eigenvalue weighted by Crippen LogP contribution is -2.43. The van der Waals surface area contributed by atoms with Crippen molar-refractivity contribution in [3.63, 3.8) is 0 Å². The Balaban J connectivity index is 1.41. The first-order valence-electron chi connectivity index (χ1n) is 11.3. The summed E-state index contributed by atoms with van der Waals surface area (Å²) in [7, 11) is 1.41. The van der Waals surface area contributed by atoms with Gasteiger partial charge in [0, 0.05) is 5.92 Å². The summed E-state index contributed by atoms with van der Waals surface area (Å²) in [6.07, 6.45) is -0.406. The van der Waals surface area contributed by atoms with E-state index in [4.69, 9.17) is 9.47 Å². The number of rotatable bonds is 8. The predicted octanol–water partition coefficient (Wildman–Crippen LogP) is 4.65. The first kappa shape index (κ1) is 23.8. The molecule has 0 bridgehead atoms. The molecule has 1 aliphatic carbocycles. The van der Waals surface area contributed by atoms with Gasteiger partial charge < -0.3 is 25.2 Å². The number of alkyl carbamates (subject to hydrolysis) is 1. The monoisotopic (exact) mass is 474 g/mol. The molecule has 0 aromatic heterocycles. The molecule has 0 aliphatic heterocycles. The summed E-state index contributed by atoms with van der Waals surface area (Å²) in [4.78, 5) is 36.7. The van der Waals surface area contributed by atoms with E-state index in [1.54, 1.807) is 6.92 Å². The van der Waals surface area contributed by atoms with Crippen molar-refractivity contribution in [2.45, 2.75) is 25.3 Å². The number of methoxy groups -OCH3 is 1. The highest BCUT2D eigenvalue weighted by atomic mass is 16.5. The third-order valence-corrected chi connectivity index (χ3v) is 6.06. The summed E-state index contributed by atoms with van der Waals surface area (Å²) < 4.78 is 10.7. The van der Waals surface area contributed by atoms with Crippen molar-refractivity contribution in [3.05, 3.63) is 83.4 Å². The standard InChI is InChI=1S/C27H26N2O6/c1-3-22(25(30)28-23-14-16(26(31)32)12-13-24(23)34-2)29-27(33)35-15-21-19-10-6-4-8-17(19)18-9-5-7-11-20(18)21/h4-14,21-22H,3,15H2,1-2H3,(H,28,30)(H,29,33)(H,31,32)/t22-/m1/s1. The molecule has 1 atom stereocenters. The zero-order valence-electron chi connectivity index (χ0n) is 19.4. The number of carbonyl (C=O) groups is 3. The first-order chi connectivity index (χ1) is 16.9. The summed E-state index contributed by atoms with van der Waals surface area (Å²) in [5.74, 6) is -1.43. The summed E-state index contributed by atoms with van der Waals surface area (Å²) in [6, 6.07) is 19.3. The van der Waals surface area contributed by atoms with Crippen LogP contribution in [0.4, 0.5) is 10.5 Å². The van der Waals surface area contributed by atoms with Crippen molar-refractivity contribution in [1.29, 1.82) is 0 Å². The average molecular weight is 475 g/mol. The molecule has 3 aromatic rings. The molecule has 0 radical (unpaired) electrons.